The number of amides is 1. The number of hydrogen-bond donors (Lipinski definition) is 1. The highest BCUT2D eigenvalue weighted by molar-refractivity contribution is 6.33. The summed E-state index contributed by atoms with van der Waals surface area (Å²) in [7, 11) is 0. The van der Waals surface area contributed by atoms with E-state index in [1.807, 2.05) is 45.0 Å². The van der Waals surface area contributed by atoms with E-state index in [1.54, 1.807) is 0 Å². The molecule has 5 heteroatoms. The standard InChI is InChI=1S/C16H18ClN3O/c1-10(2)15-18-9-13(17)14(20-15)16(21)19-8-12-6-4-11(3)5-7-12/h4-7,9-10H,8H2,1-3H3,(H,19,21). The molecular formula is C16H18ClN3O. The van der Waals surface area contributed by atoms with Crippen LogP contribution in [0.15, 0.2) is 30.5 Å². The molecule has 1 amide bonds. The van der Waals surface area contributed by atoms with E-state index in [4.69, 9.17) is 11.6 Å². The van der Waals surface area contributed by atoms with Crippen LogP contribution in [0.1, 0.15) is 47.2 Å². The third kappa shape index (κ3) is 4.02. The van der Waals surface area contributed by atoms with Gasteiger partial charge in [-0.1, -0.05) is 55.3 Å². The molecule has 0 bridgehead atoms. The molecule has 1 aromatic carbocycles. The van der Waals surface area contributed by atoms with Gasteiger partial charge in [-0.05, 0) is 12.5 Å². The van der Waals surface area contributed by atoms with Crippen molar-refractivity contribution in [2.24, 2.45) is 0 Å². The molecule has 0 atom stereocenters. The molecule has 0 aliphatic rings. The van der Waals surface area contributed by atoms with Gasteiger partial charge in [0, 0.05) is 12.5 Å². The first-order valence-electron chi connectivity index (χ1n) is 6.83. The van der Waals surface area contributed by atoms with Gasteiger partial charge in [0.2, 0.25) is 0 Å². The Hall–Kier alpha value is -1.94. The summed E-state index contributed by atoms with van der Waals surface area (Å²) in [6, 6.07) is 7.99. The van der Waals surface area contributed by atoms with E-state index < -0.39 is 0 Å². The van der Waals surface area contributed by atoms with Gasteiger partial charge in [-0.3, -0.25) is 4.79 Å². The van der Waals surface area contributed by atoms with Crippen molar-refractivity contribution in [2.75, 3.05) is 0 Å². The summed E-state index contributed by atoms with van der Waals surface area (Å²) >= 11 is 6.01. The van der Waals surface area contributed by atoms with Crippen LogP contribution in [0.3, 0.4) is 0 Å². The number of carbonyl (C=O) groups excluding carboxylic acids is 1. The van der Waals surface area contributed by atoms with Gasteiger partial charge in [-0.2, -0.15) is 0 Å². The van der Waals surface area contributed by atoms with Crippen molar-refractivity contribution in [1.82, 2.24) is 15.3 Å². The number of rotatable bonds is 4. The topological polar surface area (TPSA) is 54.9 Å². The Bertz CT molecular complexity index is 638. The highest BCUT2D eigenvalue weighted by Crippen LogP contribution is 2.16. The van der Waals surface area contributed by atoms with Crippen molar-refractivity contribution in [3.63, 3.8) is 0 Å². The number of aryl methyl sites for hydroxylation is 1. The number of halogens is 1. The first-order chi connectivity index (χ1) is 9.97. The molecule has 1 heterocycles. The summed E-state index contributed by atoms with van der Waals surface area (Å²) < 4.78 is 0. The lowest BCUT2D eigenvalue weighted by atomic mass is 10.1. The molecule has 0 unspecified atom stereocenters. The fraction of sp³-hybridized carbons (Fsp3) is 0.312. The third-order valence-electron chi connectivity index (χ3n) is 3.07. The van der Waals surface area contributed by atoms with E-state index >= 15 is 0 Å². The largest absolute Gasteiger partial charge is 0.347 e. The van der Waals surface area contributed by atoms with Gasteiger partial charge in [-0.15, -0.1) is 0 Å². The van der Waals surface area contributed by atoms with Crippen LogP contribution < -0.4 is 5.32 Å². The SMILES string of the molecule is Cc1ccc(CNC(=O)c2nc(C(C)C)ncc2Cl)cc1. The number of hydrogen-bond acceptors (Lipinski definition) is 3. The summed E-state index contributed by atoms with van der Waals surface area (Å²) in [6.07, 6.45) is 1.48. The summed E-state index contributed by atoms with van der Waals surface area (Å²) in [4.78, 5) is 20.6. The minimum atomic E-state index is -0.287. The van der Waals surface area contributed by atoms with Crippen LogP contribution in [0.4, 0.5) is 0 Å². The van der Waals surface area contributed by atoms with Gasteiger partial charge in [0.1, 0.15) is 11.5 Å². The molecule has 2 aromatic rings. The van der Waals surface area contributed by atoms with Crippen LogP contribution in [0.25, 0.3) is 0 Å². The highest BCUT2D eigenvalue weighted by Gasteiger charge is 2.15. The predicted octanol–water partition coefficient (Wildman–Crippen LogP) is 3.49. The van der Waals surface area contributed by atoms with Crippen molar-refractivity contribution in [1.29, 1.82) is 0 Å². The first-order valence-corrected chi connectivity index (χ1v) is 7.21. The number of benzene rings is 1. The second-order valence-corrected chi connectivity index (χ2v) is 5.65. The van der Waals surface area contributed by atoms with Crippen molar-refractivity contribution >= 4 is 17.5 Å². The maximum absolute atomic E-state index is 12.2. The summed E-state index contributed by atoms with van der Waals surface area (Å²) in [6.45, 7) is 6.40. The Morgan fingerprint density at radius 2 is 1.95 bits per heavy atom. The molecule has 0 spiro atoms. The molecule has 110 valence electrons. The summed E-state index contributed by atoms with van der Waals surface area (Å²) in [5, 5.41) is 3.09. The first kappa shape index (κ1) is 15.4. The van der Waals surface area contributed by atoms with Gasteiger partial charge in [0.05, 0.1) is 11.2 Å². The van der Waals surface area contributed by atoms with Crippen molar-refractivity contribution in [2.45, 2.75) is 33.2 Å². The lowest BCUT2D eigenvalue weighted by Gasteiger charge is -2.09. The molecule has 0 saturated heterocycles. The van der Waals surface area contributed by atoms with Crippen molar-refractivity contribution in [3.8, 4) is 0 Å². The maximum atomic E-state index is 12.2. The van der Waals surface area contributed by atoms with Gasteiger partial charge in [0.15, 0.2) is 0 Å². The third-order valence-corrected chi connectivity index (χ3v) is 3.34. The van der Waals surface area contributed by atoms with E-state index in [1.165, 1.54) is 11.8 Å². The molecule has 1 aromatic heterocycles. The van der Waals surface area contributed by atoms with E-state index in [9.17, 15) is 4.79 Å². The van der Waals surface area contributed by atoms with E-state index in [0.717, 1.165) is 5.56 Å². The lowest BCUT2D eigenvalue weighted by Crippen LogP contribution is -2.25. The normalized spacial score (nSPS) is 10.7. The van der Waals surface area contributed by atoms with Crippen LogP contribution >= 0.6 is 11.6 Å². The molecule has 2 rings (SSSR count). The van der Waals surface area contributed by atoms with Gasteiger partial charge in [-0.25, -0.2) is 9.97 Å². The van der Waals surface area contributed by atoms with Gasteiger partial charge < -0.3 is 5.32 Å². The van der Waals surface area contributed by atoms with Gasteiger partial charge in [0.25, 0.3) is 5.91 Å². The minimum Gasteiger partial charge on any atom is -0.347 e. The zero-order valence-electron chi connectivity index (χ0n) is 12.4. The Kier molecular flexibility index (Phi) is 4.91. The Balaban J connectivity index is 2.09. The zero-order chi connectivity index (χ0) is 15.4. The second kappa shape index (κ2) is 6.68. The van der Waals surface area contributed by atoms with Crippen LogP contribution in [-0.2, 0) is 6.54 Å². The molecule has 21 heavy (non-hydrogen) atoms. The molecule has 1 N–H and O–H groups in total. The fourth-order valence-electron chi connectivity index (χ4n) is 1.79. The van der Waals surface area contributed by atoms with Crippen LogP contribution in [0.2, 0.25) is 5.02 Å². The number of aromatic nitrogens is 2. The molecular weight excluding hydrogens is 286 g/mol. The summed E-state index contributed by atoms with van der Waals surface area (Å²) in [5.41, 5.74) is 2.44. The van der Waals surface area contributed by atoms with Crippen molar-refractivity contribution < 1.29 is 4.79 Å². The molecule has 0 fully saturated rings. The predicted molar refractivity (Wildman–Crippen MR) is 83.5 cm³/mol. The van der Waals surface area contributed by atoms with E-state index in [2.05, 4.69) is 15.3 Å². The maximum Gasteiger partial charge on any atom is 0.271 e. The monoisotopic (exact) mass is 303 g/mol. The average molecular weight is 304 g/mol. The molecule has 0 aliphatic heterocycles. The van der Waals surface area contributed by atoms with Crippen LogP contribution in [0.5, 0.6) is 0 Å². The molecule has 4 nitrogen and oxygen atoms in total. The average Bonchev–Trinajstić information content (AvgIpc) is 2.46. The number of carbonyl (C=O) groups is 1. The zero-order valence-corrected chi connectivity index (χ0v) is 13.1. The highest BCUT2D eigenvalue weighted by atomic mass is 35.5. The summed E-state index contributed by atoms with van der Waals surface area (Å²) in [5.74, 6) is 0.468. The van der Waals surface area contributed by atoms with E-state index in [0.29, 0.717) is 12.4 Å². The van der Waals surface area contributed by atoms with Gasteiger partial charge >= 0.3 is 0 Å². The quantitative estimate of drug-likeness (QED) is 0.940. The minimum absolute atomic E-state index is 0.144. The van der Waals surface area contributed by atoms with Crippen LogP contribution in [-0.4, -0.2) is 15.9 Å². The Labute approximate surface area is 129 Å². The van der Waals surface area contributed by atoms with E-state index in [-0.39, 0.29) is 22.5 Å². The smallest absolute Gasteiger partial charge is 0.271 e. The van der Waals surface area contributed by atoms with Crippen LogP contribution in [0, 0.1) is 6.92 Å². The number of nitrogens with zero attached hydrogens (tertiary/aromatic N) is 2. The Morgan fingerprint density at radius 1 is 1.29 bits per heavy atom. The molecule has 0 saturated carbocycles. The van der Waals surface area contributed by atoms with Crippen molar-refractivity contribution in [3.05, 3.63) is 58.1 Å². The molecule has 0 aliphatic carbocycles. The fourth-order valence-corrected chi connectivity index (χ4v) is 1.97. The lowest BCUT2D eigenvalue weighted by molar-refractivity contribution is 0.0945. The molecule has 0 radical (unpaired) electrons. The number of nitrogens with one attached hydrogen (secondary N) is 1. The second-order valence-electron chi connectivity index (χ2n) is 5.25. The Morgan fingerprint density at radius 3 is 2.57 bits per heavy atom.